The van der Waals surface area contributed by atoms with Gasteiger partial charge in [-0.05, 0) is 18.3 Å². The number of hydrogen-bond acceptors (Lipinski definition) is 5. The van der Waals surface area contributed by atoms with E-state index in [0.29, 0.717) is 22.8 Å². The number of aromatic nitrogens is 2. The zero-order chi connectivity index (χ0) is 11.6. The predicted octanol–water partition coefficient (Wildman–Crippen LogP) is 1.67. The van der Waals surface area contributed by atoms with Crippen LogP contribution in [0.15, 0.2) is 6.33 Å². The number of methoxy groups -OCH3 is 1. The van der Waals surface area contributed by atoms with Gasteiger partial charge in [-0.15, -0.1) is 0 Å². The number of ether oxygens (including phenoxy) is 1. The molecule has 0 aliphatic heterocycles. The number of anilines is 2. The van der Waals surface area contributed by atoms with E-state index in [4.69, 9.17) is 10.5 Å². The molecule has 0 atom stereocenters. The Balaban J connectivity index is 2.06. The minimum atomic E-state index is 0.374. The van der Waals surface area contributed by atoms with E-state index in [1.165, 1.54) is 25.6 Å². The predicted molar refractivity (Wildman–Crippen MR) is 63.4 cm³/mol. The van der Waals surface area contributed by atoms with Crippen molar-refractivity contribution in [2.75, 3.05) is 24.7 Å². The third-order valence-corrected chi connectivity index (χ3v) is 3.28. The van der Waals surface area contributed by atoms with Crippen LogP contribution in [-0.4, -0.2) is 23.6 Å². The maximum Gasteiger partial charge on any atom is 0.203 e. The summed E-state index contributed by atoms with van der Waals surface area (Å²) in [5, 5.41) is 3.29. The molecule has 0 bridgehead atoms. The molecule has 0 unspecified atom stereocenters. The van der Waals surface area contributed by atoms with E-state index in [1.54, 1.807) is 7.11 Å². The average molecular weight is 222 g/mol. The highest BCUT2D eigenvalue weighted by Gasteiger charge is 2.31. The lowest BCUT2D eigenvalue weighted by Crippen LogP contribution is -2.33. The second-order valence-corrected chi connectivity index (χ2v) is 4.66. The summed E-state index contributed by atoms with van der Waals surface area (Å²) in [5.74, 6) is 1.59. The highest BCUT2D eigenvalue weighted by molar-refractivity contribution is 5.61. The van der Waals surface area contributed by atoms with Crippen LogP contribution in [0.2, 0.25) is 0 Å². The molecule has 2 rings (SSSR count). The highest BCUT2D eigenvalue weighted by Crippen LogP contribution is 2.40. The summed E-state index contributed by atoms with van der Waals surface area (Å²) < 4.78 is 5.18. The Morgan fingerprint density at radius 3 is 2.81 bits per heavy atom. The van der Waals surface area contributed by atoms with Gasteiger partial charge in [0.1, 0.15) is 6.33 Å². The van der Waals surface area contributed by atoms with Crippen molar-refractivity contribution in [2.24, 2.45) is 5.41 Å². The quantitative estimate of drug-likeness (QED) is 0.810. The highest BCUT2D eigenvalue weighted by atomic mass is 16.5. The molecule has 1 aliphatic rings. The molecular formula is C11H18N4O. The molecule has 0 radical (unpaired) electrons. The van der Waals surface area contributed by atoms with Gasteiger partial charge in [-0.2, -0.15) is 0 Å². The van der Waals surface area contributed by atoms with Gasteiger partial charge in [0, 0.05) is 6.54 Å². The van der Waals surface area contributed by atoms with Crippen molar-refractivity contribution < 1.29 is 4.74 Å². The van der Waals surface area contributed by atoms with E-state index >= 15 is 0 Å². The molecule has 1 aliphatic carbocycles. The molecule has 88 valence electrons. The molecule has 16 heavy (non-hydrogen) atoms. The van der Waals surface area contributed by atoms with Crippen LogP contribution in [0, 0.1) is 5.41 Å². The fourth-order valence-corrected chi connectivity index (χ4v) is 1.97. The Bertz CT molecular complexity index is 376. The number of nitrogen functional groups attached to an aromatic ring is 1. The smallest absolute Gasteiger partial charge is 0.203 e. The third kappa shape index (κ3) is 2.03. The zero-order valence-electron chi connectivity index (χ0n) is 9.79. The first-order valence-corrected chi connectivity index (χ1v) is 5.53. The molecule has 1 fully saturated rings. The van der Waals surface area contributed by atoms with Gasteiger partial charge in [0.05, 0.1) is 7.11 Å². The summed E-state index contributed by atoms with van der Waals surface area (Å²) in [7, 11) is 1.57. The lowest BCUT2D eigenvalue weighted by Gasteiger charge is -2.38. The topological polar surface area (TPSA) is 73.1 Å². The Morgan fingerprint density at radius 1 is 1.50 bits per heavy atom. The van der Waals surface area contributed by atoms with E-state index in [-0.39, 0.29) is 0 Å². The molecule has 0 spiro atoms. The molecule has 0 saturated heterocycles. The molecule has 5 heteroatoms. The number of nitrogens with one attached hydrogen (secondary N) is 1. The van der Waals surface area contributed by atoms with E-state index < -0.39 is 0 Å². The molecule has 1 aromatic rings. The summed E-state index contributed by atoms with van der Waals surface area (Å²) in [6, 6.07) is 0. The maximum atomic E-state index is 5.70. The summed E-state index contributed by atoms with van der Waals surface area (Å²) in [6.45, 7) is 3.18. The van der Waals surface area contributed by atoms with Crippen molar-refractivity contribution in [1.29, 1.82) is 0 Å². The lowest BCUT2D eigenvalue weighted by atomic mass is 9.70. The lowest BCUT2D eigenvalue weighted by molar-refractivity contribution is 0.179. The van der Waals surface area contributed by atoms with Crippen molar-refractivity contribution in [3.05, 3.63) is 6.33 Å². The van der Waals surface area contributed by atoms with Crippen LogP contribution >= 0.6 is 0 Å². The average Bonchev–Trinajstić information content (AvgIpc) is 2.24. The van der Waals surface area contributed by atoms with Crippen LogP contribution in [0.4, 0.5) is 11.6 Å². The van der Waals surface area contributed by atoms with Gasteiger partial charge in [0.15, 0.2) is 11.6 Å². The fraction of sp³-hybridized carbons (Fsp3) is 0.636. The van der Waals surface area contributed by atoms with E-state index in [1.807, 2.05) is 0 Å². The maximum absolute atomic E-state index is 5.70. The van der Waals surface area contributed by atoms with Crippen molar-refractivity contribution in [1.82, 2.24) is 9.97 Å². The van der Waals surface area contributed by atoms with Gasteiger partial charge in [-0.1, -0.05) is 13.3 Å². The van der Waals surface area contributed by atoms with E-state index in [2.05, 4.69) is 22.2 Å². The summed E-state index contributed by atoms with van der Waals surface area (Å²) in [4.78, 5) is 8.04. The van der Waals surface area contributed by atoms with E-state index in [9.17, 15) is 0 Å². The summed E-state index contributed by atoms with van der Waals surface area (Å²) >= 11 is 0. The minimum Gasteiger partial charge on any atom is -0.490 e. The van der Waals surface area contributed by atoms with Gasteiger partial charge in [-0.3, -0.25) is 0 Å². The van der Waals surface area contributed by atoms with Crippen LogP contribution in [0.1, 0.15) is 26.2 Å². The van der Waals surface area contributed by atoms with Crippen LogP contribution < -0.4 is 15.8 Å². The zero-order valence-corrected chi connectivity index (χ0v) is 9.79. The van der Waals surface area contributed by atoms with Gasteiger partial charge >= 0.3 is 0 Å². The van der Waals surface area contributed by atoms with Crippen LogP contribution in [-0.2, 0) is 0 Å². The first-order chi connectivity index (χ1) is 7.64. The molecule has 1 heterocycles. The van der Waals surface area contributed by atoms with Crippen molar-refractivity contribution in [3.8, 4) is 5.75 Å². The molecule has 0 amide bonds. The molecule has 1 aromatic heterocycles. The van der Waals surface area contributed by atoms with Gasteiger partial charge in [0.2, 0.25) is 5.75 Å². The van der Waals surface area contributed by atoms with Crippen LogP contribution in [0.25, 0.3) is 0 Å². The van der Waals surface area contributed by atoms with Gasteiger partial charge in [0.25, 0.3) is 0 Å². The Kier molecular flexibility index (Phi) is 2.85. The Hall–Kier alpha value is -1.52. The van der Waals surface area contributed by atoms with E-state index in [0.717, 1.165) is 6.54 Å². The van der Waals surface area contributed by atoms with Gasteiger partial charge in [-0.25, -0.2) is 9.97 Å². The Morgan fingerprint density at radius 2 is 2.25 bits per heavy atom. The van der Waals surface area contributed by atoms with Crippen molar-refractivity contribution >= 4 is 11.6 Å². The molecule has 0 aromatic carbocycles. The van der Waals surface area contributed by atoms with Crippen LogP contribution in [0.3, 0.4) is 0 Å². The molecule has 1 saturated carbocycles. The second kappa shape index (κ2) is 4.15. The summed E-state index contributed by atoms with van der Waals surface area (Å²) in [6.07, 6.45) is 5.30. The molecule has 5 nitrogen and oxygen atoms in total. The van der Waals surface area contributed by atoms with Crippen molar-refractivity contribution in [2.45, 2.75) is 26.2 Å². The minimum absolute atomic E-state index is 0.374. The molecule has 3 N–H and O–H groups in total. The first-order valence-electron chi connectivity index (χ1n) is 5.53. The number of nitrogens with two attached hydrogens (primary N) is 1. The normalized spacial score (nSPS) is 17.6. The number of hydrogen-bond donors (Lipinski definition) is 2. The monoisotopic (exact) mass is 222 g/mol. The second-order valence-electron chi connectivity index (χ2n) is 4.66. The fourth-order valence-electron chi connectivity index (χ4n) is 1.97. The van der Waals surface area contributed by atoms with Crippen molar-refractivity contribution in [3.63, 3.8) is 0 Å². The van der Waals surface area contributed by atoms with Crippen LogP contribution in [0.5, 0.6) is 5.75 Å². The standard InChI is InChI=1S/C11H18N4O/c1-11(4-3-5-11)6-13-10-8(16-2)9(12)14-7-15-10/h7H,3-6H2,1-2H3,(H3,12,13,14,15). The Labute approximate surface area is 95.4 Å². The largest absolute Gasteiger partial charge is 0.490 e. The SMILES string of the molecule is COc1c(N)ncnc1NCC1(C)CCC1. The third-order valence-electron chi connectivity index (χ3n) is 3.28. The summed E-state index contributed by atoms with van der Waals surface area (Å²) in [5.41, 5.74) is 6.10. The number of rotatable bonds is 4. The molecular weight excluding hydrogens is 204 g/mol. The number of nitrogens with zero attached hydrogens (tertiary/aromatic N) is 2. The first kappa shape index (κ1) is 11.0. The van der Waals surface area contributed by atoms with Gasteiger partial charge < -0.3 is 15.8 Å².